The van der Waals surface area contributed by atoms with E-state index in [0.29, 0.717) is 40.6 Å². The topological polar surface area (TPSA) is 82.3 Å². The standard InChI is InChI=1S/C26H22FIN2O5/c1-3-33-20-7-8-22-18(12-20)13-24(35-22)26(31)30-29-14-17-10-21(28)25(23(11-17)32-2)34-15-16-5-4-6-19(27)9-16/h4-14H,3,15H2,1-2H3,(H,30,31)/b29-14+. The number of ether oxygens (including phenoxy) is 3. The molecule has 0 aliphatic heterocycles. The van der Waals surface area contributed by atoms with E-state index >= 15 is 0 Å². The lowest BCUT2D eigenvalue weighted by Crippen LogP contribution is -2.16. The van der Waals surface area contributed by atoms with Crippen molar-refractivity contribution < 1.29 is 27.8 Å². The van der Waals surface area contributed by atoms with E-state index in [1.165, 1.54) is 25.5 Å². The molecule has 7 nitrogen and oxygen atoms in total. The third-order valence-electron chi connectivity index (χ3n) is 4.93. The Bertz CT molecular complexity index is 1390. The van der Waals surface area contributed by atoms with Gasteiger partial charge in [-0.3, -0.25) is 4.79 Å². The number of furan rings is 1. The van der Waals surface area contributed by atoms with Crippen LogP contribution < -0.4 is 19.6 Å². The molecule has 0 aliphatic rings. The molecule has 0 fully saturated rings. The summed E-state index contributed by atoms with van der Waals surface area (Å²) in [5.74, 6) is 1.07. The van der Waals surface area contributed by atoms with E-state index in [9.17, 15) is 9.18 Å². The van der Waals surface area contributed by atoms with Crippen molar-refractivity contribution in [3.05, 3.63) is 86.9 Å². The van der Waals surface area contributed by atoms with Gasteiger partial charge < -0.3 is 18.6 Å². The summed E-state index contributed by atoms with van der Waals surface area (Å²) in [5, 5.41) is 4.80. The largest absolute Gasteiger partial charge is 0.494 e. The molecule has 0 spiro atoms. The number of carbonyl (C=O) groups excluding carboxylic acids is 1. The Morgan fingerprint density at radius 1 is 1.14 bits per heavy atom. The molecule has 0 saturated carbocycles. The summed E-state index contributed by atoms with van der Waals surface area (Å²) in [7, 11) is 1.53. The highest BCUT2D eigenvalue weighted by atomic mass is 127. The van der Waals surface area contributed by atoms with Gasteiger partial charge in [0.2, 0.25) is 0 Å². The molecule has 9 heteroatoms. The molecule has 4 rings (SSSR count). The molecule has 0 bridgehead atoms. The summed E-state index contributed by atoms with van der Waals surface area (Å²) < 4.78 is 36.6. The zero-order valence-corrected chi connectivity index (χ0v) is 21.2. The van der Waals surface area contributed by atoms with E-state index in [2.05, 4.69) is 33.1 Å². The number of nitrogens with zero attached hydrogens (tertiary/aromatic N) is 1. The van der Waals surface area contributed by atoms with Crippen LogP contribution in [0.5, 0.6) is 17.2 Å². The maximum absolute atomic E-state index is 13.4. The predicted molar refractivity (Wildman–Crippen MR) is 139 cm³/mol. The molecule has 1 N–H and O–H groups in total. The Morgan fingerprint density at radius 2 is 2.00 bits per heavy atom. The second kappa shape index (κ2) is 11.2. The van der Waals surface area contributed by atoms with E-state index in [1.807, 2.05) is 19.1 Å². The summed E-state index contributed by atoms with van der Waals surface area (Å²) in [4.78, 5) is 12.5. The molecule has 3 aromatic carbocycles. The van der Waals surface area contributed by atoms with E-state index in [1.54, 1.807) is 36.4 Å². The van der Waals surface area contributed by atoms with Gasteiger partial charge in [0, 0.05) is 5.39 Å². The first kappa shape index (κ1) is 24.5. The van der Waals surface area contributed by atoms with Gasteiger partial charge in [-0.25, -0.2) is 9.82 Å². The third-order valence-corrected chi connectivity index (χ3v) is 5.73. The van der Waals surface area contributed by atoms with Gasteiger partial charge >= 0.3 is 5.91 Å². The number of carbonyl (C=O) groups is 1. The van der Waals surface area contributed by atoms with Crippen LogP contribution in [0.4, 0.5) is 4.39 Å². The molecule has 0 radical (unpaired) electrons. The van der Waals surface area contributed by atoms with Crippen molar-refractivity contribution in [3.8, 4) is 17.2 Å². The third kappa shape index (κ3) is 6.10. The summed E-state index contributed by atoms with van der Waals surface area (Å²) in [6.45, 7) is 2.65. The summed E-state index contributed by atoms with van der Waals surface area (Å²) in [5.41, 5.74) is 4.44. The van der Waals surface area contributed by atoms with Crippen LogP contribution in [0.25, 0.3) is 11.0 Å². The molecule has 4 aromatic rings. The second-order valence-corrected chi connectivity index (χ2v) is 8.56. The first-order chi connectivity index (χ1) is 17.0. The van der Waals surface area contributed by atoms with Gasteiger partial charge in [0.1, 0.15) is 23.8 Å². The monoisotopic (exact) mass is 588 g/mol. The maximum atomic E-state index is 13.4. The van der Waals surface area contributed by atoms with Crippen LogP contribution in [0.15, 0.2) is 70.2 Å². The van der Waals surface area contributed by atoms with Crippen molar-refractivity contribution in [3.63, 3.8) is 0 Å². The molecule has 0 aliphatic carbocycles. The minimum absolute atomic E-state index is 0.138. The van der Waals surface area contributed by atoms with E-state index in [4.69, 9.17) is 18.6 Å². The predicted octanol–water partition coefficient (Wildman–Crippen LogP) is 5.93. The zero-order chi connectivity index (χ0) is 24.8. The van der Waals surface area contributed by atoms with E-state index < -0.39 is 5.91 Å². The lowest BCUT2D eigenvalue weighted by Gasteiger charge is -2.13. The zero-order valence-electron chi connectivity index (χ0n) is 19.0. The summed E-state index contributed by atoms with van der Waals surface area (Å²) >= 11 is 2.12. The number of methoxy groups -OCH3 is 1. The lowest BCUT2D eigenvalue weighted by atomic mass is 10.2. The van der Waals surface area contributed by atoms with Gasteiger partial charge in [0.15, 0.2) is 17.3 Å². The van der Waals surface area contributed by atoms with Crippen molar-refractivity contribution in [2.45, 2.75) is 13.5 Å². The highest BCUT2D eigenvalue weighted by molar-refractivity contribution is 14.1. The van der Waals surface area contributed by atoms with Gasteiger partial charge in [-0.2, -0.15) is 5.10 Å². The molecular formula is C26H22FIN2O5. The number of hydrazone groups is 1. The van der Waals surface area contributed by atoms with Gasteiger partial charge in [-0.15, -0.1) is 0 Å². The molecule has 1 aromatic heterocycles. The number of hydrogen-bond donors (Lipinski definition) is 1. The Kier molecular flexibility index (Phi) is 7.86. The number of amides is 1. The van der Waals surface area contributed by atoms with Gasteiger partial charge in [0.25, 0.3) is 0 Å². The SMILES string of the molecule is CCOc1ccc2oc(C(=O)N/N=C/c3cc(I)c(OCc4cccc(F)c4)c(OC)c3)cc2c1. The van der Waals surface area contributed by atoms with Crippen LogP contribution in [0.2, 0.25) is 0 Å². The minimum atomic E-state index is -0.480. The van der Waals surface area contributed by atoms with Crippen LogP contribution in [-0.2, 0) is 6.61 Å². The number of rotatable bonds is 9. The second-order valence-electron chi connectivity index (χ2n) is 7.40. The molecule has 35 heavy (non-hydrogen) atoms. The smallest absolute Gasteiger partial charge is 0.307 e. The van der Waals surface area contributed by atoms with Crippen molar-refractivity contribution in [1.29, 1.82) is 0 Å². The molecular weight excluding hydrogens is 566 g/mol. The van der Waals surface area contributed by atoms with Gasteiger partial charge in [-0.1, -0.05) is 12.1 Å². The maximum Gasteiger partial charge on any atom is 0.307 e. The Hall–Kier alpha value is -3.60. The van der Waals surface area contributed by atoms with Gasteiger partial charge in [-0.05, 0) is 89.2 Å². The number of hydrogen-bond acceptors (Lipinski definition) is 6. The molecule has 180 valence electrons. The van der Waals surface area contributed by atoms with E-state index in [-0.39, 0.29) is 18.2 Å². The normalized spacial score (nSPS) is 11.1. The lowest BCUT2D eigenvalue weighted by molar-refractivity contribution is 0.0929. The summed E-state index contributed by atoms with van der Waals surface area (Å²) in [6.07, 6.45) is 1.49. The van der Waals surface area contributed by atoms with Crippen LogP contribution in [-0.4, -0.2) is 25.8 Å². The molecule has 0 saturated heterocycles. The Labute approximate surface area is 215 Å². The van der Waals surface area contributed by atoms with Gasteiger partial charge in [0.05, 0.1) is 23.5 Å². The average molecular weight is 588 g/mol. The molecule has 0 atom stereocenters. The highest BCUT2D eigenvalue weighted by Crippen LogP contribution is 2.34. The minimum Gasteiger partial charge on any atom is -0.494 e. The van der Waals surface area contributed by atoms with Crippen LogP contribution in [0, 0.1) is 9.39 Å². The van der Waals surface area contributed by atoms with Crippen LogP contribution in [0.1, 0.15) is 28.6 Å². The van der Waals surface area contributed by atoms with Crippen LogP contribution >= 0.6 is 22.6 Å². The average Bonchev–Trinajstić information content (AvgIpc) is 3.27. The first-order valence-electron chi connectivity index (χ1n) is 10.7. The Balaban J connectivity index is 1.43. The van der Waals surface area contributed by atoms with Crippen LogP contribution in [0.3, 0.4) is 0 Å². The number of halogens is 2. The van der Waals surface area contributed by atoms with Crippen molar-refractivity contribution in [2.24, 2.45) is 5.10 Å². The molecule has 0 unspecified atom stereocenters. The summed E-state index contributed by atoms with van der Waals surface area (Å²) in [6, 6.07) is 16.8. The number of nitrogens with one attached hydrogen (secondary N) is 1. The molecule has 1 amide bonds. The van der Waals surface area contributed by atoms with E-state index in [0.717, 1.165) is 8.96 Å². The fourth-order valence-corrected chi connectivity index (χ4v) is 4.13. The number of fused-ring (bicyclic) bond motifs is 1. The highest BCUT2D eigenvalue weighted by Gasteiger charge is 2.14. The quantitative estimate of drug-likeness (QED) is 0.149. The van der Waals surface area contributed by atoms with Crippen molar-refractivity contribution in [1.82, 2.24) is 5.43 Å². The number of benzene rings is 3. The van der Waals surface area contributed by atoms with Crippen molar-refractivity contribution >= 4 is 45.7 Å². The first-order valence-corrected chi connectivity index (χ1v) is 11.8. The molecule has 1 heterocycles. The fourth-order valence-electron chi connectivity index (χ4n) is 3.35. The van der Waals surface area contributed by atoms with Crippen molar-refractivity contribution in [2.75, 3.05) is 13.7 Å². The Morgan fingerprint density at radius 3 is 2.77 bits per heavy atom. The fraction of sp³-hybridized carbons (Fsp3) is 0.154.